The first-order valence-electron chi connectivity index (χ1n) is 12.1. The van der Waals surface area contributed by atoms with Crippen LogP contribution in [0.5, 0.6) is 0 Å². The fourth-order valence-electron chi connectivity index (χ4n) is 4.96. The average molecular weight is 461 g/mol. The summed E-state index contributed by atoms with van der Waals surface area (Å²) in [7, 11) is 1.90. The topological polar surface area (TPSA) is 92.4 Å². The molecule has 9 nitrogen and oxygen atoms in total. The van der Waals surface area contributed by atoms with Gasteiger partial charge in [-0.15, -0.1) is 0 Å². The summed E-state index contributed by atoms with van der Waals surface area (Å²) < 4.78 is 3.70. The van der Waals surface area contributed by atoms with Gasteiger partial charge in [0, 0.05) is 49.6 Å². The molecule has 0 bridgehead atoms. The van der Waals surface area contributed by atoms with Gasteiger partial charge in [-0.25, -0.2) is 4.98 Å². The van der Waals surface area contributed by atoms with Crippen molar-refractivity contribution in [2.24, 2.45) is 7.05 Å². The molecule has 4 aromatic rings. The van der Waals surface area contributed by atoms with E-state index in [4.69, 9.17) is 0 Å². The maximum Gasteiger partial charge on any atom is 0.259 e. The minimum absolute atomic E-state index is 0.216. The number of nitrogens with zero attached hydrogens (tertiary/aromatic N) is 6. The summed E-state index contributed by atoms with van der Waals surface area (Å²) in [5.74, 6) is 0.290. The van der Waals surface area contributed by atoms with Gasteiger partial charge in [0.1, 0.15) is 5.52 Å². The highest BCUT2D eigenvalue weighted by molar-refractivity contribution is 6.13. The summed E-state index contributed by atoms with van der Waals surface area (Å²) in [6.45, 7) is 9.14. The zero-order valence-corrected chi connectivity index (χ0v) is 20.3. The molecule has 2 N–H and O–H groups in total. The number of aromatic nitrogens is 5. The number of carbonyl (C=O) groups excluding carboxylic acids is 1. The lowest BCUT2D eigenvalue weighted by molar-refractivity contribution is 0.102. The summed E-state index contributed by atoms with van der Waals surface area (Å²) in [6.07, 6.45) is 8.75. The van der Waals surface area contributed by atoms with E-state index in [2.05, 4.69) is 50.5 Å². The largest absolute Gasteiger partial charge is 0.371 e. The summed E-state index contributed by atoms with van der Waals surface area (Å²) >= 11 is 0. The van der Waals surface area contributed by atoms with Gasteiger partial charge in [0.15, 0.2) is 11.5 Å². The lowest BCUT2D eigenvalue weighted by atomic mass is 10.0. The van der Waals surface area contributed by atoms with Crippen LogP contribution in [0.4, 0.5) is 11.5 Å². The van der Waals surface area contributed by atoms with Crippen LogP contribution < -0.4 is 15.5 Å². The molecule has 3 aromatic heterocycles. The number of hydrogen-bond acceptors (Lipinski definition) is 6. The maximum absolute atomic E-state index is 13.3. The predicted octanol–water partition coefficient (Wildman–Crippen LogP) is 3.32. The number of carbonyl (C=O) groups is 1. The summed E-state index contributed by atoms with van der Waals surface area (Å²) in [5, 5.41) is 12.2. The lowest BCUT2D eigenvalue weighted by Gasteiger charge is -2.34. The SMILES string of the molecule is CCNC1CCN(c2ccc(C(=O)Nc3cn4cc(C)nc(CC)c4n3)c3nn(C)cc23)CC1. The van der Waals surface area contributed by atoms with Crippen LogP contribution in [0.3, 0.4) is 0 Å². The maximum atomic E-state index is 13.3. The second kappa shape index (κ2) is 9.06. The molecular weight excluding hydrogens is 428 g/mol. The third-order valence-electron chi connectivity index (χ3n) is 6.54. The number of rotatable bonds is 6. The number of amides is 1. The van der Waals surface area contributed by atoms with E-state index in [1.807, 2.05) is 43.0 Å². The molecule has 178 valence electrons. The van der Waals surface area contributed by atoms with Gasteiger partial charge in [0.25, 0.3) is 5.91 Å². The van der Waals surface area contributed by atoms with Crippen LogP contribution in [0.25, 0.3) is 16.6 Å². The lowest BCUT2D eigenvalue weighted by Crippen LogP contribution is -2.42. The highest BCUT2D eigenvalue weighted by atomic mass is 16.1. The van der Waals surface area contributed by atoms with E-state index in [0.717, 1.165) is 67.0 Å². The second-order valence-electron chi connectivity index (χ2n) is 9.01. The molecule has 0 unspecified atom stereocenters. The van der Waals surface area contributed by atoms with Gasteiger partial charge >= 0.3 is 0 Å². The number of hydrogen-bond donors (Lipinski definition) is 2. The van der Waals surface area contributed by atoms with Crippen LogP contribution in [-0.4, -0.2) is 55.7 Å². The molecule has 1 amide bonds. The van der Waals surface area contributed by atoms with Crippen LogP contribution in [0, 0.1) is 6.92 Å². The van der Waals surface area contributed by atoms with Crippen LogP contribution in [0.15, 0.2) is 30.7 Å². The quantitative estimate of drug-likeness (QED) is 0.459. The van der Waals surface area contributed by atoms with Crippen LogP contribution in [-0.2, 0) is 13.5 Å². The Morgan fingerprint density at radius 2 is 1.91 bits per heavy atom. The molecule has 1 fully saturated rings. The Kier molecular flexibility index (Phi) is 5.95. The molecule has 1 saturated heterocycles. The zero-order chi connectivity index (χ0) is 23.8. The fraction of sp³-hybridized carbons (Fsp3) is 0.440. The molecule has 4 heterocycles. The van der Waals surface area contributed by atoms with Gasteiger partial charge < -0.3 is 19.9 Å². The second-order valence-corrected chi connectivity index (χ2v) is 9.01. The highest BCUT2D eigenvalue weighted by Gasteiger charge is 2.23. The molecule has 9 heteroatoms. The van der Waals surface area contributed by atoms with E-state index in [1.165, 1.54) is 0 Å². The molecular formula is C25H32N8O. The fourth-order valence-corrected chi connectivity index (χ4v) is 4.96. The van der Waals surface area contributed by atoms with Crippen molar-refractivity contribution in [3.8, 4) is 0 Å². The van der Waals surface area contributed by atoms with Crippen molar-refractivity contribution >= 4 is 34.0 Å². The Hall–Kier alpha value is -3.46. The van der Waals surface area contributed by atoms with Crippen LogP contribution in [0.1, 0.15) is 48.4 Å². The van der Waals surface area contributed by atoms with E-state index in [0.29, 0.717) is 22.9 Å². The van der Waals surface area contributed by atoms with Crippen molar-refractivity contribution < 1.29 is 4.79 Å². The number of anilines is 2. The molecule has 34 heavy (non-hydrogen) atoms. The Morgan fingerprint density at radius 1 is 1.12 bits per heavy atom. The predicted molar refractivity (Wildman–Crippen MR) is 135 cm³/mol. The van der Waals surface area contributed by atoms with Crippen molar-refractivity contribution in [3.63, 3.8) is 0 Å². The van der Waals surface area contributed by atoms with Crippen molar-refractivity contribution in [2.75, 3.05) is 29.9 Å². The Bertz CT molecular complexity index is 1350. The third kappa shape index (κ3) is 4.11. The monoisotopic (exact) mass is 460 g/mol. The first kappa shape index (κ1) is 22.3. The van der Waals surface area contributed by atoms with Gasteiger partial charge in [-0.05, 0) is 44.9 Å². The third-order valence-corrected chi connectivity index (χ3v) is 6.54. The van der Waals surface area contributed by atoms with E-state index in [-0.39, 0.29) is 5.91 Å². The molecule has 1 aliphatic heterocycles. The van der Waals surface area contributed by atoms with Crippen LogP contribution >= 0.6 is 0 Å². The number of piperidine rings is 1. The number of fused-ring (bicyclic) bond motifs is 2. The van der Waals surface area contributed by atoms with Gasteiger partial charge in [-0.3, -0.25) is 14.5 Å². The summed E-state index contributed by atoms with van der Waals surface area (Å²) in [6, 6.07) is 4.52. The number of benzene rings is 1. The Balaban J connectivity index is 1.43. The number of aryl methyl sites for hydroxylation is 3. The Morgan fingerprint density at radius 3 is 2.65 bits per heavy atom. The first-order valence-corrected chi connectivity index (χ1v) is 12.1. The normalized spacial score (nSPS) is 14.9. The smallest absolute Gasteiger partial charge is 0.259 e. The summed E-state index contributed by atoms with van der Waals surface area (Å²) in [5.41, 5.74) is 4.99. The Labute approximate surface area is 199 Å². The van der Waals surface area contributed by atoms with Crippen molar-refractivity contribution in [2.45, 2.75) is 46.1 Å². The van der Waals surface area contributed by atoms with Gasteiger partial charge in [0.2, 0.25) is 0 Å². The average Bonchev–Trinajstić information content (AvgIpc) is 3.40. The zero-order valence-electron chi connectivity index (χ0n) is 20.3. The van der Waals surface area contributed by atoms with Crippen molar-refractivity contribution in [3.05, 3.63) is 47.7 Å². The van der Waals surface area contributed by atoms with E-state index in [1.54, 1.807) is 4.68 Å². The number of imidazole rings is 1. The molecule has 0 aliphatic carbocycles. The van der Waals surface area contributed by atoms with E-state index >= 15 is 0 Å². The molecule has 0 saturated carbocycles. The molecule has 0 atom stereocenters. The van der Waals surface area contributed by atoms with Crippen molar-refractivity contribution in [1.82, 2.24) is 29.5 Å². The molecule has 5 rings (SSSR count). The standard InChI is InChI=1S/C25H32N8O/c1-5-20-24-28-22(15-33(24)13-16(3)27-20)29-25(34)18-7-8-21(19-14-31(4)30-23(18)19)32-11-9-17(10-12-32)26-6-2/h7-8,13-15,17,26H,5-6,9-12H2,1-4H3,(H,29,34). The molecule has 1 aromatic carbocycles. The van der Waals surface area contributed by atoms with Crippen molar-refractivity contribution in [1.29, 1.82) is 0 Å². The minimum atomic E-state index is -0.216. The molecule has 1 aliphatic rings. The van der Waals surface area contributed by atoms with E-state index < -0.39 is 0 Å². The van der Waals surface area contributed by atoms with Gasteiger partial charge in [-0.1, -0.05) is 13.8 Å². The van der Waals surface area contributed by atoms with Crippen LogP contribution in [0.2, 0.25) is 0 Å². The first-order chi connectivity index (χ1) is 16.5. The van der Waals surface area contributed by atoms with Gasteiger partial charge in [0.05, 0.1) is 23.1 Å². The molecule has 0 radical (unpaired) electrons. The van der Waals surface area contributed by atoms with Gasteiger partial charge in [-0.2, -0.15) is 5.10 Å². The minimum Gasteiger partial charge on any atom is -0.371 e. The van der Waals surface area contributed by atoms with E-state index in [9.17, 15) is 4.79 Å². The highest BCUT2D eigenvalue weighted by Crippen LogP contribution is 2.31. The number of nitrogens with one attached hydrogen (secondary N) is 2. The molecule has 0 spiro atoms. The summed E-state index contributed by atoms with van der Waals surface area (Å²) in [4.78, 5) is 24.9.